The van der Waals surface area contributed by atoms with Gasteiger partial charge >= 0.3 is 0 Å². The van der Waals surface area contributed by atoms with Crippen LogP contribution in [0.5, 0.6) is 0 Å². The molecule has 4 aromatic rings. The van der Waals surface area contributed by atoms with Crippen LogP contribution >= 0.6 is 35.0 Å². The number of hydrogen-bond acceptors (Lipinski definition) is 9. The summed E-state index contributed by atoms with van der Waals surface area (Å²) in [6, 6.07) is 17.5. The van der Waals surface area contributed by atoms with E-state index in [9.17, 15) is 27.6 Å². The van der Waals surface area contributed by atoms with Gasteiger partial charge in [0.25, 0.3) is 11.1 Å². The summed E-state index contributed by atoms with van der Waals surface area (Å²) in [4.78, 5) is 55.4. The summed E-state index contributed by atoms with van der Waals surface area (Å²) in [6.07, 6.45) is 2.73. The first-order chi connectivity index (χ1) is 20.9. The van der Waals surface area contributed by atoms with Gasteiger partial charge in [-0.05, 0) is 38.1 Å². The Labute approximate surface area is 267 Å². The van der Waals surface area contributed by atoms with Crippen molar-refractivity contribution in [1.29, 1.82) is 0 Å². The van der Waals surface area contributed by atoms with Crippen LogP contribution in [-0.4, -0.2) is 50.8 Å². The summed E-state index contributed by atoms with van der Waals surface area (Å²) in [5.41, 5.74) is 0.134. The predicted octanol–water partition coefficient (Wildman–Crippen LogP) is 3.98. The van der Waals surface area contributed by atoms with Gasteiger partial charge in [0.15, 0.2) is 5.03 Å². The lowest BCUT2D eigenvalue weighted by atomic mass is 10.3. The van der Waals surface area contributed by atoms with Crippen LogP contribution in [0.15, 0.2) is 92.7 Å². The zero-order valence-corrected chi connectivity index (χ0v) is 26.7. The van der Waals surface area contributed by atoms with Crippen molar-refractivity contribution < 1.29 is 18.0 Å². The number of anilines is 2. The van der Waals surface area contributed by atoms with Crippen LogP contribution < -0.4 is 21.8 Å². The van der Waals surface area contributed by atoms with E-state index in [-0.39, 0.29) is 39.1 Å². The van der Waals surface area contributed by atoms with Crippen molar-refractivity contribution in [2.45, 2.75) is 37.0 Å². The largest absolute Gasteiger partial charge is 0.325 e. The highest BCUT2D eigenvalue weighted by Crippen LogP contribution is 2.15. The Kier molecular flexibility index (Phi) is 12.7. The van der Waals surface area contributed by atoms with Crippen LogP contribution in [-0.2, 0) is 32.5 Å². The molecule has 2 aromatic carbocycles. The molecule has 4 rings (SSSR count). The van der Waals surface area contributed by atoms with E-state index in [0.29, 0.717) is 17.9 Å². The third-order valence-corrected chi connectivity index (χ3v) is 8.39. The Morgan fingerprint density at radius 3 is 1.77 bits per heavy atom. The van der Waals surface area contributed by atoms with E-state index < -0.39 is 32.1 Å². The third kappa shape index (κ3) is 10.0. The van der Waals surface area contributed by atoms with Crippen molar-refractivity contribution in [3.8, 4) is 0 Å². The van der Waals surface area contributed by atoms with Gasteiger partial charge in [-0.15, -0.1) is 0 Å². The van der Waals surface area contributed by atoms with Gasteiger partial charge in [0.05, 0.1) is 5.75 Å². The van der Waals surface area contributed by atoms with Crippen molar-refractivity contribution in [1.82, 2.24) is 19.1 Å². The Morgan fingerprint density at radius 2 is 1.25 bits per heavy atom. The first kappa shape index (κ1) is 34.5. The minimum absolute atomic E-state index is 0.0984. The number of para-hydroxylation sites is 2. The Balaban J connectivity index is 0.000000241. The van der Waals surface area contributed by atoms with Crippen molar-refractivity contribution in [3.05, 3.63) is 104 Å². The van der Waals surface area contributed by atoms with Gasteiger partial charge in [-0.2, -0.15) is 0 Å². The number of sulfone groups is 1. The Morgan fingerprint density at radius 1 is 0.773 bits per heavy atom. The molecule has 0 atom stereocenters. The highest BCUT2D eigenvalue weighted by molar-refractivity contribution is 7.99. The van der Waals surface area contributed by atoms with Gasteiger partial charge in [-0.25, -0.2) is 18.4 Å². The van der Waals surface area contributed by atoms with E-state index in [1.54, 1.807) is 49.4 Å². The number of thioether (sulfide) groups is 1. The molecular weight excluding hydrogens is 651 g/mol. The van der Waals surface area contributed by atoms with Crippen LogP contribution in [0.25, 0.3) is 0 Å². The lowest BCUT2D eigenvalue weighted by Crippen LogP contribution is -2.31. The summed E-state index contributed by atoms with van der Waals surface area (Å²) in [5, 5.41) is 4.80. The summed E-state index contributed by atoms with van der Waals surface area (Å²) in [7, 11) is -4.21. The minimum atomic E-state index is -4.21. The summed E-state index contributed by atoms with van der Waals surface area (Å²) >= 11 is 12.7. The fourth-order valence-electron chi connectivity index (χ4n) is 3.55. The van der Waals surface area contributed by atoms with E-state index in [1.165, 1.54) is 17.0 Å². The average Bonchev–Trinajstić information content (AvgIpc) is 2.99. The van der Waals surface area contributed by atoms with Crippen LogP contribution in [0.4, 0.5) is 11.4 Å². The zero-order valence-electron chi connectivity index (χ0n) is 23.6. The molecule has 0 saturated heterocycles. The molecular formula is C28H28Cl2N6O6S2. The maximum absolute atomic E-state index is 12.3. The molecule has 0 aliphatic carbocycles. The van der Waals surface area contributed by atoms with Crippen LogP contribution in [0.1, 0.15) is 13.8 Å². The number of amides is 2. The number of carbonyl (C=O) groups is 2. The molecule has 0 aliphatic heterocycles. The van der Waals surface area contributed by atoms with E-state index in [4.69, 9.17) is 23.2 Å². The molecule has 0 unspecified atom stereocenters. The maximum Gasteiger partial charge on any atom is 0.288 e. The van der Waals surface area contributed by atoms with Gasteiger partial charge < -0.3 is 19.8 Å². The third-order valence-electron chi connectivity index (χ3n) is 5.58. The van der Waals surface area contributed by atoms with Crippen molar-refractivity contribution in [2.24, 2.45) is 0 Å². The average molecular weight is 680 g/mol. The molecule has 2 heterocycles. The van der Waals surface area contributed by atoms with E-state index in [2.05, 4.69) is 20.6 Å². The molecule has 0 radical (unpaired) electrons. The smallest absolute Gasteiger partial charge is 0.288 e. The molecule has 2 aromatic heterocycles. The van der Waals surface area contributed by atoms with Crippen LogP contribution in [0, 0.1) is 0 Å². The minimum Gasteiger partial charge on any atom is -0.325 e. The summed E-state index contributed by atoms with van der Waals surface area (Å²) < 4.78 is 27.1. The second-order valence-corrected chi connectivity index (χ2v) is 12.4. The lowest BCUT2D eigenvalue weighted by Gasteiger charge is -2.08. The molecule has 0 aliphatic rings. The molecule has 12 nitrogen and oxygen atoms in total. The molecule has 232 valence electrons. The number of aromatic nitrogens is 4. The van der Waals surface area contributed by atoms with Crippen molar-refractivity contribution in [3.63, 3.8) is 0 Å². The number of carbonyl (C=O) groups excluding carboxylic acids is 2. The standard InChI is InChI=1S/C14H14ClN3O4S.C14H14ClN3O2S/c1-2-18-8-11(15)17-13(14(18)20)23(21,22)9-12(19)16-10-6-4-3-5-7-10;1-2-18-8-11(15)17-13(14(18)20)21-9-12(19)16-10-6-4-3-5-7-10/h3-8H,2,9H2,1H3,(H,16,19);3-8H,2,9H2,1H3,(H,16,19). The fraction of sp³-hybridized carbons (Fsp3) is 0.214. The van der Waals surface area contributed by atoms with Gasteiger partial charge in [-0.3, -0.25) is 19.2 Å². The highest BCUT2D eigenvalue weighted by Gasteiger charge is 2.26. The topological polar surface area (TPSA) is 162 Å². The molecule has 44 heavy (non-hydrogen) atoms. The highest BCUT2D eigenvalue weighted by atomic mass is 35.5. The van der Waals surface area contributed by atoms with Gasteiger partial charge in [0.2, 0.25) is 26.7 Å². The first-order valence-corrected chi connectivity index (χ1v) is 16.4. The zero-order chi connectivity index (χ0) is 32.3. The molecule has 2 N–H and O–H groups in total. The van der Waals surface area contributed by atoms with Gasteiger partial charge in [0.1, 0.15) is 16.1 Å². The number of halogens is 2. The number of rotatable bonds is 10. The van der Waals surface area contributed by atoms with E-state index >= 15 is 0 Å². The lowest BCUT2D eigenvalue weighted by molar-refractivity contribution is -0.114. The van der Waals surface area contributed by atoms with Gasteiger partial charge in [-0.1, -0.05) is 71.4 Å². The number of benzene rings is 2. The fourth-order valence-corrected chi connectivity index (χ4v) is 5.97. The van der Waals surface area contributed by atoms with Crippen LogP contribution in [0.3, 0.4) is 0 Å². The van der Waals surface area contributed by atoms with Gasteiger partial charge in [0, 0.05) is 36.9 Å². The summed E-state index contributed by atoms with van der Waals surface area (Å²) in [5.74, 6) is -1.76. The summed E-state index contributed by atoms with van der Waals surface area (Å²) in [6.45, 7) is 4.25. The molecule has 16 heteroatoms. The Hall–Kier alpha value is -3.98. The number of nitrogens with one attached hydrogen (secondary N) is 2. The van der Waals surface area contributed by atoms with Crippen LogP contribution in [0.2, 0.25) is 10.3 Å². The molecule has 0 spiro atoms. The molecule has 0 fully saturated rings. The first-order valence-electron chi connectivity index (χ1n) is 13.0. The maximum atomic E-state index is 12.3. The SMILES string of the molecule is CCn1cc(Cl)nc(S(=O)(=O)CC(=O)Nc2ccccc2)c1=O.CCn1cc(Cl)nc(SCC(=O)Nc2ccccc2)c1=O. The molecule has 0 saturated carbocycles. The molecule has 0 bridgehead atoms. The second-order valence-electron chi connectivity index (χ2n) is 8.80. The molecule has 2 amide bonds. The van der Waals surface area contributed by atoms with Crippen molar-refractivity contribution in [2.75, 3.05) is 22.1 Å². The van der Waals surface area contributed by atoms with E-state index in [1.807, 2.05) is 25.1 Å². The second kappa shape index (κ2) is 16.2. The number of nitrogens with zero attached hydrogens (tertiary/aromatic N) is 4. The number of hydrogen-bond donors (Lipinski definition) is 2. The Bertz CT molecular complexity index is 1840. The monoisotopic (exact) mass is 678 g/mol. The van der Waals surface area contributed by atoms with Crippen molar-refractivity contribution >= 4 is 68.0 Å². The van der Waals surface area contributed by atoms with E-state index in [0.717, 1.165) is 16.3 Å². The quantitative estimate of drug-likeness (QED) is 0.236. The predicted molar refractivity (Wildman–Crippen MR) is 171 cm³/mol. The number of aryl methyl sites for hydroxylation is 2. The normalized spacial score (nSPS) is 10.8.